The molecule has 146 valence electrons. The zero-order valence-corrected chi connectivity index (χ0v) is 16.5. The van der Waals surface area contributed by atoms with Crippen molar-refractivity contribution in [1.29, 1.82) is 0 Å². The van der Waals surface area contributed by atoms with Crippen LogP contribution in [0.1, 0.15) is 12.5 Å². The van der Waals surface area contributed by atoms with E-state index in [1.54, 1.807) is 19.3 Å². The van der Waals surface area contributed by atoms with E-state index >= 15 is 0 Å². The summed E-state index contributed by atoms with van der Waals surface area (Å²) in [6, 6.07) is 15.6. The van der Waals surface area contributed by atoms with Crippen LogP contribution in [0.3, 0.4) is 0 Å². The van der Waals surface area contributed by atoms with E-state index < -0.39 is 4.92 Å². The number of halogens is 1. The molecule has 0 saturated carbocycles. The van der Waals surface area contributed by atoms with Gasteiger partial charge in [-0.2, -0.15) is 0 Å². The van der Waals surface area contributed by atoms with Crippen LogP contribution < -0.4 is 5.32 Å². The summed E-state index contributed by atoms with van der Waals surface area (Å²) in [6.07, 6.45) is 4.42. The van der Waals surface area contributed by atoms with Crippen LogP contribution in [0.5, 0.6) is 0 Å². The van der Waals surface area contributed by atoms with Crippen molar-refractivity contribution in [3.8, 4) is 0 Å². The Kier molecular flexibility index (Phi) is 8.17. The number of aromatic nitrogens is 2. The lowest BCUT2D eigenvalue weighted by molar-refractivity contribution is -0.404. The first kappa shape index (κ1) is 21.1. The number of hydrogen-bond donors (Lipinski definition) is 1. The Labute approximate surface area is 168 Å². The molecule has 0 fully saturated rings. The lowest BCUT2D eigenvalue weighted by Crippen LogP contribution is -2.30. The Hall–Kier alpha value is -3.19. The molecular weight excluding hydrogens is 378 g/mol. The molecule has 28 heavy (non-hydrogen) atoms. The van der Waals surface area contributed by atoms with Crippen molar-refractivity contribution in [3.63, 3.8) is 0 Å². The van der Waals surface area contributed by atoms with Crippen LogP contribution >= 0.6 is 11.6 Å². The predicted octanol–water partition coefficient (Wildman–Crippen LogP) is 4.09. The van der Waals surface area contributed by atoms with Gasteiger partial charge < -0.3 is 10.2 Å². The minimum Gasteiger partial charge on any atom is -0.370 e. The van der Waals surface area contributed by atoms with Crippen molar-refractivity contribution in [2.24, 2.45) is 0 Å². The monoisotopic (exact) mass is 399 g/mol. The minimum atomic E-state index is -0.478. The molecule has 1 N–H and O–H groups in total. The predicted molar refractivity (Wildman–Crippen MR) is 111 cm³/mol. The lowest BCUT2D eigenvalue weighted by atomic mass is 10.2. The highest BCUT2D eigenvalue weighted by Crippen LogP contribution is 2.11. The second-order valence-corrected chi connectivity index (χ2v) is 6.14. The second kappa shape index (κ2) is 10.8. The van der Waals surface area contributed by atoms with Gasteiger partial charge in [0.2, 0.25) is 0 Å². The molecule has 0 saturated heterocycles. The number of fused-ring (bicyclic) bond motifs is 1. The number of nitrogens with zero attached hydrogens (tertiary/aromatic N) is 4. The summed E-state index contributed by atoms with van der Waals surface area (Å²) in [5.41, 5.74) is 2.00. The molecule has 0 atom stereocenters. The maximum Gasteiger partial charge on any atom is 0.274 e. The van der Waals surface area contributed by atoms with E-state index in [0.717, 1.165) is 17.3 Å². The fourth-order valence-corrected chi connectivity index (χ4v) is 2.62. The lowest BCUT2D eigenvalue weighted by Gasteiger charge is -2.23. The molecule has 3 aromatic rings. The van der Waals surface area contributed by atoms with E-state index in [2.05, 4.69) is 27.4 Å². The van der Waals surface area contributed by atoms with Crippen molar-refractivity contribution < 1.29 is 4.92 Å². The highest BCUT2D eigenvalue weighted by molar-refractivity contribution is 6.29. The Morgan fingerprint density at radius 2 is 1.96 bits per heavy atom. The molecule has 0 aliphatic rings. The fourth-order valence-electron chi connectivity index (χ4n) is 2.51. The van der Waals surface area contributed by atoms with Gasteiger partial charge in [-0.15, -0.1) is 0 Å². The zero-order chi connectivity index (χ0) is 20.4. The van der Waals surface area contributed by atoms with Crippen molar-refractivity contribution in [3.05, 3.63) is 93.8 Å². The molecule has 0 radical (unpaired) electrons. The van der Waals surface area contributed by atoms with Gasteiger partial charge in [0.25, 0.3) is 6.20 Å². The van der Waals surface area contributed by atoms with Crippen LogP contribution in [-0.2, 0) is 6.54 Å². The third-order valence-electron chi connectivity index (χ3n) is 3.88. The maximum absolute atomic E-state index is 10.5. The average Bonchev–Trinajstić information content (AvgIpc) is 2.72. The molecule has 0 amide bonds. The zero-order valence-electron chi connectivity index (χ0n) is 15.7. The second-order valence-electron chi connectivity index (χ2n) is 5.75. The molecule has 0 aliphatic heterocycles. The molecule has 2 heterocycles. The number of rotatable bonds is 6. The molecule has 3 rings (SSSR count). The van der Waals surface area contributed by atoms with Gasteiger partial charge in [-0.25, -0.2) is 4.98 Å². The van der Waals surface area contributed by atoms with Gasteiger partial charge in [0.05, 0.1) is 10.4 Å². The summed E-state index contributed by atoms with van der Waals surface area (Å²) in [4.78, 5) is 20.0. The van der Waals surface area contributed by atoms with E-state index in [-0.39, 0.29) is 0 Å². The van der Waals surface area contributed by atoms with Crippen molar-refractivity contribution >= 4 is 22.5 Å². The minimum absolute atomic E-state index is 0.427. The largest absolute Gasteiger partial charge is 0.370 e. The van der Waals surface area contributed by atoms with E-state index in [9.17, 15) is 10.1 Å². The van der Waals surface area contributed by atoms with Crippen molar-refractivity contribution in [2.75, 3.05) is 13.6 Å². The highest BCUT2D eigenvalue weighted by atomic mass is 35.5. The fraction of sp³-hybridized carbons (Fsp3) is 0.200. The first-order valence-corrected chi connectivity index (χ1v) is 9.09. The smallest absolute Gasteiger partial charge is 0.274 e. The van der Waals surface area contributed by atoms with Crippen LogP contribution in [0.25, 0.3) is 10.9 Å². The van der Waals surface area contributed by atoms with E-state index in [1.807, 2.05) is 48.4 Å². The van der Waals surface area contributed by atoms with Crippen LogP contribution in [-0.4, -0.2) is 33.4 Å². The van der Waals surface area contributed by atoms with E-state index in [1.165, 1.54) is 5.39 Å². The third kappa shape index (κ3) is 6.51. The van der Waals surface area contributed by atoms with Gasteiger partial charge >= 0.3 is 0 Å². The average molecular weight is 400 g/mol. The number of pyridine rings is 2. The third-order valence-corrected chi connectivity index (χ3v) is 4.10. The van der Waals surface area contributed by atoms with Gasteiger partial charge in [0.1, 0.15) is 5.15 Å². The molecule has 2 aromatic heterocycles. The highest BCUT2D eigenvalue weighted by Gasteiger charge is 2.11. The molecular formula is C20H22ClN5O2. The number of nitrogens with one attached hydrogen (secondary N) is 1. The summed E-state index contributed by atoms with van der Waals surface area (Å²) in [6.45, 7) is 3.10. The number of hydrogen-bond acceptors (Lipinski definition) is 6. The summed E-state index contributed by atoms with van der Waals surface area (Å²) in [5, 5.41) is 15.0. The summed E-state index contributed by atoms with van der Waals surface area (Å²) in [5.74, 6) is 0.456. The Morgan fingerprint density at radius 3 is 2.57 bits per heavy atom. The van der Waals surface area contributed by atoms with Crippen LogP contribution in [0.15, 0.2) is 72.9 Å². The van der Waals surface area contributed by atoms with Gasteiger partial charge in [0.15, 0.2) is 5.82 Å². The number of para-hydroxylation sites is 1. The number of nitro groups is 1. The normalized spacial score (nSPS) is 10.8. The Morgan fingerprint density at radius 1 is 1.21 bits per heavy atom. The number of benzene rings is 1. The molecule has 0 unspecified atom stereocenters. The SMILES string of the molecule is CCN(Cc1ccc(Cl)nc1)/C(=C/[N+](=O)[O-])NC.c1ccc2ncccc2c1. The maximum atomic E-state index is 10.5. The first-order chi connectivity index (χ1) is 13.5. The summed E-state index contributed by atoms with van der Waals surface area (Å²) < 4.78 is 0. The molecule has 7 nitrogen and oxygen atoms in total. The van der Waals surface area contributed by atoms with Crippen molar-refractivity contribution in [2.45, 2.75) is 13.5 Å². The van der Waals surface area contributed by atoms with Crippen LogP contribution in [0.4, 0.5) is 0 Å². The van der Waals surface area contributed by atoms with Crippen LogP contribution in [0.2, 0.25) is 5.15 Å². The van der Waals surface area contributed by atoms with Gasteiger partial charge in [0, 0.05) is 37.9 Å². The molecule has 8 heteroatoms. The molecule has 0 spiro atoms. The Bertz CT molecular complexity index is 866. The quantitative estimate of drug-likeness (QED) is 0.382. The van der Waals surface area contributed by atoms with E-state index in [4.69, 9.17) is 11.6 Å². The Balaban J connectivity index is 0.000000233. The van der Waals surface area contributed by atoms with Gasteiger partial charge in [-0.1, -0.05) is 41.9 Å². The molecule has 0 aliphatic carbocycles. The summed E-state index contributed by atoms with van der Waals surface area (Å²) >= 11 is 5.70. The van der Waals surface area contributed by atoms with E-state index in [0.29, 0.717) is 24.1 Å². The van der Waals surface area contributed by atoms with Gasteiger partial charge in [-0.3, -0.25) is 15.1 Å². The first-order valence-electron chi connectivity index (χ1n) is 8.71. The van der Waals surface area contributed by atoms with Crippen LogP contribution in [0, 0.1) is 10.1 Å². The standard InChI is InChI=1S/C11H15ClN4O2.C9H7N/c1-3-15(11(13-2)8-16(17)18)7-9-4-5-10(12)14-6-9;1-2-6-9-8(4-1)5-3-7-10-9/h4-6,8,13H,3,7H2,1-2H3;1-7H/b11-8+;. The van der Waals surface area contributed by atoms with Gasteiger partial charge in [-0.05, 0) is 30.7 Å². The van der Waals surface area contributed by atoms with Crippen molar-refractivity contribution in [1.82, 2.24) is 20.2 Å². The molecule has 1 aromatic carbocycles. The summed E-state index contributed by atoms with van der Waals surface area (Å²) in [7, 11) is 1.65. The topological polar surface area (TPSA) is 84.2 Å². The molecule has 0 bridgehead atoms.